The molecular weight excluding hydrogens is 214 g/mol. The monoisotopic (exact) mass is 239 g/mol. The van der Waals surface area contributed by atoms with Crippen LogP contribution in [0.5, 0.6) is 0 Å². The van der Waals surface area contributed by atoms with Gasteiger partial charge in [0.05, 0.1) is 11.4 Å². The van der Waals surface area contributed by atoms with Crippen LogP contribution in [-0.4, -0.2) is 27.5 Å². The van der Waals surface area contributed by atoms with Crippen molar-refractivity contribution in [2.24, 2.45) is 0 Å². The van der Waals surface area contributed by atoms with Crippen LogP contribution in [0, 0.1) is 0 Å². The Morgan fingerprint density at radius 2 is 2.24 bits per heavy atom. The van der Waals surface area contributed by atoms with Crippen LogP contribution in [0.25, 0.3) is 0 Å². The van der Waals surface area contributed by atoms with Gasteiger partial charge in [0.2, 0.25) is 0 Å². The Morgan fingerprint density at radius 3 is 2.82 bits per heavy atom. The summed E-state index contributed by atoms with van der Waals surface area (Å²) in [6.45, 7) is 8.45. The minimum atomic E-state index is 0.277. The number of nitrogens with zero attached hydrogens (tertiary/aromatic N) is 2. The van der Waals surface area contributed by atoms with Crippen molar-refractivity contribution in [1.82, 2.24) is 15.1 Å². The Labute approximate surface area is 104 Å². The van der Waals surface area contributed by atoms with Gasteiger partial charge in [-0.2, -0.15) is 5.10 Å². The third-order valence-corrected chi connectivity index (χ3v) is 3.00. The zero-order valence-corrected chi connectivity index (χ0v) is 11.2. The Hall–Kier alpha value is -0.870. The van der Waals surface area contributed by atoms with Crippen LogP contribution < -0.4 is 5.32 Å². The first-order valence-corrected chi connectivity index (χ1v) is 6.61. The second kappa shape index (κ2) is 7.45. The SMILES string of the molecule is CCc1cc(CNC(C)CCCO)n(CC)n1. The van der Waals surface area contributed by atoms with Gasteiger partial charge in [-0.05, 0) is 39.2 Å². The normalized spacial score (nSPS) is 12.9. The summed E-state index contributed by atoms with van der Waals surface area (Å²) in [7, 11) is 0. The fourth-order valence-corrected chi connectivity index (χ4v) is 1.88. The molecule has 0 aliphatic rings. The van der Waals surface area contributed by atoms with Crippen LogP contribution in [-0.2, 0) is 19.5 Å². The number of nitrogens with one attached hydrogen (secondary N) is 1. The van der Waals surface area contributed by atoms with Crippen LogP contribution in [0.3, 0.4) is 0 Å². The molecule has 1 atom stereocenters. The van der Waals surface area contributed by atoms with Crippen molar-refractivity contribution in [2.75, 3.05) is 6.61 Å². The average molecular weight is 239 g/mol. The summed E-state index contributed by atoms with van der Waals surface area (Å²) in [5.41, 5.74) is 2.41. The molecule has 1 unspecified atom stereocenters. The molecule has 17 heavy (non-hydrogen) atoms. The van der Waals surface area contributed by atoms with Gasteiger partial charge in [-0.15, -0.1) is 0 Å². The van der Waals surface area contributed by atoms with E-state index in [1.807, 2.05) is 0 Å². The van der Waals surface area contributed by atoms with Crippen LogP contribution in [0.1, 0.15) is 45.0 Å². The summed E-state index contributed by atoms with van der Waals surface area (Å²) in [6, 6.07) is 2.61. The van der Waals surface area contributed by atoms with E-state index in [4.69, 9.17) is 5.11 Å². The zero-order valence-electron chi connectivity index (χ0n) is 11.2. The van der Waals surface area contributed by atoms with Crippen molar-refractivity contribution in [1.29, 1.82) is 0 Å². The predicted octanol–water partition coefficient (Wildman–Crippen LogP) is 1.72. The fourth-order valence-electron chi connectivity index (χ4n) is 1.88. The van der Waals surface area contributed by atoms with E-state index in [0.717, 1.165) is 38.0 Å². The summed E-state index contributed by atoms with van der Waals surface area (Å²) in [6.07, 6.45) is 2.86. The molecule has 1 heterocycles. The second-order valence-electron chi connectivity index (χ2n) is 4.44. The van der Waals surface area contributed by atoms with E-state index in [1.165, 1.54) is 5.69 Å². The number of aromatic nitrogens is 2. The summed E-state index contributed by atoms with van der Waals surface area (Å²) in [5.74, 6) is 0. The zero-order chi connectivity index (χ0) is 12.7. The lowest BCUT2D eigenvalue weighted by Gasteiger charge is -2.13. The van der Waals surface area contributed by atoms with E-state index < -0.39 is 0 Å². The number of rotatable bonds is 8. The Morgan fingerprint density at radius 1 is 1.47 bits per heavy atom. The molecule has 4 heteroatoms. The number of aryl methyl sites for hydroxylation is 2. The number of aliphatic hydroxyl groups is 1. The van der Waals surface area contributed by atoms with Crippen LogP contribution in [0.4, 0.5) is 0 Å². The Bertz CT molecular complexity index is 322. The molecule has 0 aliphatic carbocycles. The van der Waals surface area contributed by atoms with Crippen molar-refractivity contribution in [3.8, 4) is 0 Å². The first-order valence-electron chi connectivity index (χ1n) is 6.61. The highest BCUT2D eigenvalue weighted by molar-refractivity contribution is 5.10. The van der Waals surface area contributed by atoms with E-state index in [-0.39, 0.29) is 6.61 Å². The molecular formula is C13H25N3O. The highest BCUT2D eigenvalue weighted by Gasteiger charge is 2.07. The molecule has 0 saturated heterocycles. The number of aliphatic hydroxyl groups excluding tert-OH is 1. The maximum absolute atomic E-state index is 8.78. The molecule has 0 aromatic carbocycles. The molecule has 0 fully saturated rings. The maximum Gasteiger partial charge on any atom is 0.0625 e. The van der Waals surface area contributed by atoms with Gasteiger partial charge in [0.1, 0.15) is 0 Å². The number of hydrogen-bond donors (Lipinski definition) is 2. The fraction of sp³-hybridized carbons (Fsp3) is 0.769. The summed E-state index contributed by atoms with van der Waals surface area (Å²) in [4.78, 5) is 0. The molecule has 4 nitrogen and oxygen atoms in total. The molecule has 1 rings (SSSR count). The van der Waals surface area contributed by atoms with Crippen molar-refractivity contribution >= 4 is 0 Å². The van der Waals surface area contributed by atoms with E-state index in [0.29, 0.717) is 6.04 Å². The van der Waals surface area contributed by atoms with E-state index in [1.54, 1.807) is 0 Å². The van der Waals surface area contributed by atoms with E-state index >= 15 is 0 Å². The Balaban J connectivity index is 2.47. The van der Waals surface area contributed by atoms with Gasteiger partial charge in [-0.1, -0.05) is 6.92 Å². The maximum atomic E-state index is 8.78. The van der Waals surface area contributed by atoms with Gasteiger partial charge in [-0.25, -0.2) is 0 Å². The first-order chi connectivity index (χ1) is 8.21. The molecule has 0 amide bonds. The standard InChI is InChI=1S/C13H25N3O/c1-4-12-9-13(16(5-2)15-12)10-14-11(3)7-6-8-17/h9,11,14,17H,4-8,10H2,1-3H3. The topological polar surface area (TPSA) is 50.1 Å². The van der Waals surface area contributed by atoms with Crippen molar-refractivity contribution < 1.29 is 5.11 Å². The van der Waals surface area contributed by atoms with E-state index in [9.17, 15) is 0 Å². The van der Waals surface area contributed by atoms with Crippen LogP contribution in [0.15, 0.2) is 6.07 Å². The first kappa shape index (κ1) is 14.2. The quantitative estimate of drug-likeness (QED) is 0.726. The van der Waals surface area contributed by atoms with Gasteiger partial charge in [0.25, 0.3) is 0 Å². The molecule has 0 bridgehead atoms. The minimum absolute atomic E-state index is 0.277. The van der Waals surface area contributed by atoms with Crippen LogP contribution >= 0.6 is 0 Å². The summed E-state index contributed by atoms with van der Waals surface area (Å²) >= 11 is 0. The molecule has 2 N–H and O–H groups in total. The van der Waals surface area contributed by atoms with Crippen LogP contribution in [0.2, 0.25) is 0 Å². The van der Waals surface area contributed by atoms with E-state index in [2.05, 4.69) is 41.9 Å². The molecule has 0 radical (unpaired) electrons. The molecule has 98 valence electrons. The molecule has 0 saturated carbocycles. The molecule has 0 spiro atoms. The van der Waals surface area contributed by atoms with Gasteiger partial charge >= 0.3 is 0 Å². The largest absolute Gasteiger partial charge is 0.396 e. The lowest BCUT2D eigenvalue weighted by molar-refractivity contribution is 0.276. The summed E-state index contributed by atoms with van der Waals surface area (Å²) < 4.78 is 2.06. The molecule has 1 aromatic heterocycles. The smallest absolute Gasteiger partial charge is 0.0625 e. The third kappa shape index (κ3) is 4.48. The van der Waals surface area contributed by atoms with Crippen molar-refractivity contribution in [3.63, 3.8) is 0 Å². The lowest BCUT2D eigenvalue weighted by Crippen LogP contribution is -2.26. The minimum Gasteiger partial charge on any atom is -0.396 e. The van der Waals surface area contributed by atoms with Gasteiger partial charge in [0.15, 0.2) is 0 Å². The Kier molecular flexibility index (Phi) is 6.22. The van der Waals surface area contributed by atoms with Crippen molar-refractivity contribution in [3.05, 3.63) is 17.5 Å². The highest BCUT2D eigenvalue weighted by Crippen LogP contribution is 2.06. The lowest BCUT2D eigenvalue weighted by atomic mass is 10.2. The second-order valence-corrected chi connectivity index (χ2v) is 4.44. The van der Waals surface area contributed by atoms with Crippen molar-refractivity contribution in [2.45, 2.75) is 59.2 Å². The third-order valence-electron chi connectivity index (χ3n) is 3.00. The molecule has 1 aromatic rings. The molecule has 0 aliphatic heterocycles. The van der Waals surface area contributed by atoms with Gasteiger partial charge < -0.3 is 10.4 Å². The van der Waals surface area contributed by atoms with Gasteiger partial charge in [-0.3, -0.25) is 4.68 Å². The average Bonchev–Trinajstić information content (AvgIpc) is 2.76. The van der Waals surface area contributed by atoms with Gasteiger partial charge in [0, 0.05) is 25.7 Å². The summed E-state index contributed by atoms with van der Waals surface area (Å²) in [5, 5.41) is 16.8. The number of hydrogen-bond acceptors (Lipinski definition) is 3. The highest BCUT2D eigenvalue weighted by atomic mass is 16.2. The predicted molar refractivity (Wildman–Crippen MR) is 69.9 cm³/mol.